The molecule has 5 atom stereocenters. The maximum atomic E-state index is 13.1. The molecule has 0 fully saturated rings. The Hall–Kier alpha value is -5.84. The second kappa shape index (κ2) is 77.3. The third-order valence-electron chi connectivity index (χ3n) is 15.9. The van der Waals surface area contributed by atoms with Gasteiger partial charge in [-0.1, -0.05) is 281 Å². The number of rotatable bonds is 73. The average Bonchev–Trinajstić information content (AvgIpc) is 0.933. The number of hydrogen-bond acceptors (Lipinski definition) is 15. The lowest BCUT2D eigenvalue weighted by Gasteiger charge is -2.21. The van der Waals surface area contributed by atoms with Gasteiger partial charge in [-0.3, -0.25) is 37.3 Å². The Morgan fingerprint density at radius 1 is 0.283 bits per heavy atom. The molecule has 17 nitrogen and oxygen atoms in total. The summed E-state index contributed by atoms with van der Waals surface area (Å²) in [5, 5.41) is 10.6. The summed E-state index contributed by atoms with van der Waals surface area (Å²) in [6, 6.07) is 0. The Labute approximate surface area is 641 Å². The third kappa shape index (κ3) is 76.4. The fourth-order valence-electron chi connectivity index (χ4n) is 9.89. The normalized spacial score (nSPS) is 14.8. The minimum atomic E-state index is -5.02. The lowest BCUT2D eigenvalue weighted by Crippen LogP contribution is -2.30. The molecule has 0 aromatic rings. The second-order valence-corrected chi connectivity index (χ2v) is 28.8. The Morgan fingerprint density at radius 2 is 0.528 bits per heavy atom. The van der Waals surface area contributed by atoms with Crippen molar-refractivity contribution in [3.63, 3.8) is 0 Å². The van der Waals surface area contributed by atoms with Crippen molar-refractivity contribution in [2.75, 3.05) is 39.6 Å². The van der Waals surface area contributed by atoms with E-state index in [9.17, 15) is 43.2 Å². The summed E-state index contributed by atoms with van der Waals surface area (Å²) in [5.74, 6) is -2.40. The Morgan fingerprint density at radius 3 is 0.858 bits per heavy atom. The molecular formula is C87H140O17P2. The molecule has 3 N–H and O–H groups in total. The smallest absolute Gasteiger partial charge is 0.462 e. The van der Waals surface area contributed by atoms with Gasteiger partial charge in [-0.2, -0.15) is 0 Å². The van der Waals surface area contributed by atoms with Gasteiger partial charge >= 0.3 is 39.5 Å². The fraction of sp³-hybridized carbons (Fsp3) is 0.609. The van der Waals surface area contributed by atoms with Crippen molar-refractivity contribution in [1.29, 1.82) is 0 Å². The number of allylic oxidation sites excluding steroid dienone is 29. The van der Waals surface area contributed by atoms with Gasteiger partial charge in [-0.15, -0.1) is 0 Å². The van der Waals surface area contributed by atoms with Crippen LogP contribution in [0.5, 0.6) is 0 Å². The molecule has 0 spiro atoms. The summed E-state index contributed by atoms with van der Waals surface area (Å²) in [6.07, 6.45) is 93.3. The number of carbonyl (C=O) groups is 4. The van der Waals surface area contributed by atoms with Crippen molar-refractivity contribution in [2.45, 2.75) is 303 Å². The summed E-state index contributed by atoms with van der Waals surface area (Å²) >= 11 is 0. The van der Waals surface area contributed by atoms with Gasteiger partial charge < -0.3 is 33.8 Å². The highest BCUT2D eigenvalue weighted by atomic mass is 31.2. The van der Waals surface area contributed by atoms with Crippen LogP contribution >= 0.6 is 15.6 Å². The topological polar surface area (TPSA) is 237 Å². The molecule has 600 valence electrons. The van der Waals surface area contributed by atoms with Crippen LogP contribution in [0.25, 0.3) is 0 Å². The molecule has 0 heterocycles. The lowest BCUT2D eigenvalue weighted by atomic mass is 10.1. The van der Waals surface area contributed by atoms with E-state index in [2.05, 4.69) is 186 Å². The number of aliphatic hydroxyl groups is 1. The maximum Gasteiger partial charge on any atom is 0.472 e. The van der Waals surface area contributed by atoms with Gasteiger partial charge in [-0.05, 0) is 161 Å². The Balaban J connectivity index is 5.47. The fourth-order valence-corrected chi connectivity index (χ4v) is 11.5. The molecule has 0 saturated heterocycles. The molecule has 0 rings (SSSR count). The zero-order chi connectivity index (χ0) is 77.4. The van der Waals surface area contributed by atoms with Crippen LogP contribution in [-0.4, -0.2) is 96.7 Å². The molecule has 106 heavy (non-hydrogen) atoms. The van der Waals surface area contributed by atoms with E-state index in [0.29, 0.717) is 25.7 Å². The average molecular weight is 1520 g/mol. The van der Waals surface area contributed by atoms with Crippen LogP contribution in [0.2, 0.25) is 0 Å². The van der Waals surface area contributed by atoms with E-state index in [1.54, 1.807) is 12.2 Å². The molecular weight excluding hydrogens is 1380 g/mol. The van der Waals surface area contributed by atoms with Crippen molar-refractivity contribution >= 4 is 39.5 Å². The Kier molecular flexibility index (Phi) is 73.1. The van der Waals surface area contributed by atoms with E-state index < -0.39 is 97.5 Å². The standard InChI is InChI=1S/C87H140O17P2/c1-5-9-13-17-21-25-29-33-36-38-40-42-45-48-51-55-59-63-67-71-84(89)97-77-82(103-86(91)73-69-65-61-57-53-47-32-28-24-20-16-12-8-4)79-101-105(93,94)99-75-81(88)76-100-106(95,96)102-80-83(104-87(92)74-70-66-62-58-54-50-44-35-31-27-23-19-15-11-7-3)78-98-85(90)72-68-64-60-56-52-49-46-43-41-39-37-34-30-26-22-18-14-10-6-2/h9-11,13-15,21-23,25-28,32-37,40-44,49,52,54,58,66,70,81-83,88H,5-8,12,16-20,24,29-31,38-39,45-48,50-51,53,55-57,59-65,67-69,71-80H2,1-4H3,(H,93,94)(H,95,96)/b13-9-,14-10-,15-11-,25-21-,26-22-,27-23-,32-28-,36-33-,37-34-,42-40-,43-41-,44-35-,52-49-,58-54-,70-66-. The van der Waals surface area contributed by atoms with Gasteiger partial charge in [-0.25, -0.2) is 9.13 Å². The predicted octanol–water partition coefficient (Wildman–Crippen LogP) is 23.6. The first kappa shape index (κ1) is 100. The van der Waals surface area contributed by atoms with E-state index in [1.165, 1.54) is 25.7 Å². The monoisotopic (exact) mass is 1520 g/mol. The van der Waals surface area contributed by atoms with Crippen molar-refractivity contribution < 1.29 is 80.2 Å². The molecule has 0 aromatic carbocycles. The van der Waals surface area contributed by atoms with Crippen LogP contribution in [0.1, 0.15) is 285 Å². The van der Waals surface area contributed by atoms with Crippen LogP contribution in [0.15, 0.2) is 182 Å². The highest BCUT2D eigenvalue weighted by molar-refractivity contribution is 7.47. The zero-order valence-electron chi connectivity index (χ0n) is 65.5. The number of ether oxygens (including phenoxy) is 4. The molecule has 5 unspecified atom stereocenters. The molecule has 0 saturated carbocycles. The molecule has 0 bridgehead atoms. The van der Waals surface area contributed by atoms with Gasteiger partial charge in [0.05, 0.1) is 32.8 Å². The molecule has 0 aliphatic rings. The molecule has 0 amide bonds. The van der Waals surface area contributed by atoms with E-state index in [1.807, 2.05) is 12.2 Å². The molecule has 19 heteroatoms. The largest absolute Gasteiger partial charge is 0.472 e. The van der Waals surface area contributed by atoms with Crippen LogP contribution in [-0.2, 0) is 65.4 Å². The van der Waals surface area contributed by atoms with E-state index in [-0.39, 0.29) is 25.7 Å². The van der Waals surface area contributed by atoms with Crippen LogP contribution in [0.4, 0.5) is 0 Å². The molecule has 0 aliphatic carbocycles. The van der Waals surface area contributed by atoms with Crippen molar-refractivity contribution in [2.24, 2.45) is 0 Å². The lowest BCUT2D eigenvalue weighted by molar-refractivity contribution is -0.161. The van der Waals surface area contributed by atoms with E-state index >= 15 is 0 Å². The highest BCUT2D eigenvalue weighted by Crippen LogP contribution is 2.45. The molecule has 0 radical (unpaired) electrons. The third-order valence-corrected chi connectivity index (χ3v) is 17.8. The van der Waals surface area contributed by atoms with Gasteiger partial charge in [0.15, 0.2) is 12.2 Å². The molecule has 0 aliphatic heterocycles. The highest BCUT2D eigenvalue weighted by Gasteiger charge is 2.30. The summed E-state index contributed by atoms with van der Waals surface area (Å²) < 4.78 is 68.4. The van der Waals surface area contributed by atoms with E-state index in [4.69, 9.17) is 37.0 Å². The number of phosphoric ester groups is 2. The number of esters is 4. The number of hydrogen-bond donors (Lipinski definition) is 3. The van der Waals surface area contributed by atoms with Gasteiger partial charge in [0, 0.05) is 19.3 Å². The second-order valence-electron chi connectivity index (χ2n) is 25.9. The van der Waals surface area contributed by atoms with Crippen molar-refractivity contribution in [3.05, 3.63) is 182 Å². The summed E-state index contributed by atoms with van der Waals surface area (Å²) in [4.78, 5) is 73.0. The quantitative estimate of drug-likeness (QED) is 0.0169. The van der Waals surface area contributed by atoms with Crippen LogP contribution < -0.4 is 0 Å². The van der Waals surface area contributed by atoms with Crippen LogP contribution in [0, 0.1) is 0 Å². The van der Waals surface area contributed by atoms with Gasteiger partial charge in [0.2, 0.25) is 0 Å². The minimum Gasteiger partial charge on any atom is -0.462 e. The minimum absolute atomic E-state index is 0.0723. The maximum absolute atomic E-state index is 13.1. The zero-order valence-corrected chi connectivity index (χ0v) is 67.3. The van der Waals surface area contributed by atoms with Gasteiger partial charge in [0.25, 0.3) is 0 Å². The SMILES string of the molecule is CC/C=C\C/C=C\C/C=C\C/C=C\C/C=C\CCCCCC(=O)OCC(COP(=O)(O)OCC(O)COP(=O)(O)OCC(COC(=O)CCCCCCCC/C=C\C/C=C\C/C=C\C/C=C\CC)OC(=O)CCCCCCC/C=C\CCCCCC)OC(=O)C/C=C\C/C=C\C/C=C\C/C=C\C/C=C\CC. The van der Waals surface area contributed by atoms with E-state index in [0.717, 1.165) is 180 Å². The number of aliphatic hydroxyl groups excluding tert-OH is 1. The summed E-state index contributed by atoms with van der Waals surface area (Å²) in [6.45, 7) is 4.32. The number of phosphoric acid groups is 2. The first-order chi connectivity index (χ1) is 51.7. The van der Waals surface area contributed by atoms with Crippen LogP contribution in [0.3, 0.4) is 0 Å². The Bertz CT molecular complexity index is 2730. The van der Waals surface area contributed by atoms with Crippen molar-refractivity contribution in [3.8, 4) is 0 Å². The summed E-state index contributed by atoms with van der Waals surface area (Å²) in [5.41, 5.74) is 0. The molecule has 0 aromatic heterocycles. The first-order valence-corrected chi connectivity index (χ1v) is 43.0. The summed E-state index contributed by atoms with van der Waals surface area (Å²) in [7, 11) is -10.0. The number of unbranched alkanes of at least 4 members (excludes halogenated alkanes) is 18. The number of carbonyl (C=O) groups excluding carboxylic acids is 4. The first-order valence-electron chi connectivity index (χ1n) is 40.0. The van der Waals surface area contributed by atoms with Gasteiger partial charge in [0.1, 0.15) is 19.3 Å². The predicted molar refractivity (Wildman–Crippen MR) is 436 cm³/mol. The van der Waals surface area contributed by atoms with Crippen molar-refractivity contribution in [1.82, 2.24) is 0 Å².